The first-order chi connectivity index (χ1) is 7.27. The topological polar surface area (TPSA) is 35.8 Å². The maximum Gasteiger partial charge on any atom is 0.0633 e. The van der Waals surface area contributed by atoms with Crippen LogP contribution in [0.3, 0.4) is 0 Å². The first-order valence-electron chi connectivity index (χ1n) is 5.90. The molecular formula is C13H24N2O. The lowest BCUT2D eigenvalue weighted by Crippen LogP contribution is -2.47. The minimum Gasteiger partial charge on any atom is -0.411 e. The molecule has 0 aromatic carbocycles. The van der Waals surface area contributed by atoms with Gasteiger partial charge in [-0.25, -0.2) is 0 Å². The molecule has 3 nitrogen and oxygen atoms in total. The van der Waals surface area contributed by atoms with Crippen molar-refractivity contribution >= 4 is 6.21 Å². The van der Waals surface area contributed by atoms with Crippen LogP contribution in [0.4, 0.5) is 0 Å². The number of rotatable bonds is 2. The van der Waals surface area contributed by atoms with Gasteiger partial charge in [-0.3, -0.25) is 4.90 Å². The maximum absolute atomic E-state index is 8.64. The zero-order valence-electron chi connectivity index (χ0n) is 11.1. The highest BCUT2D eigenvalue weighted by molar-refractivity contribution is 5.68. The molecule has 0 unspecified atom stereocenters. The molecule has 0 fully saturated rings. The van der Waals surface area contributed by atoms with E-state index >= 15 is 0 Å². The molecule has 92 valence electrons. The summed E-state index contributed by atoms with van der Waals surface area (Å²) in [5.74, 6) is 0. The number of nitrogens with zero attached hydrogens (tertiary/aromatic N) is 2. The molecule has 1 heterocycles. The van der Waals surface area contributed by atoms with Crippen molar-refractivity contribution < 1.29 is 5.21 Å². The van der Waals surface area contributed by atoms with Gasteiger partial charge in [0.25, 0.3) is 0 Å². The summed E-state index contributed by atoms with van der Waals surface area (Å²) in [7, 11) is 0. The van der Waals surface area contributed by atoms with E-state index in [0.29, 0.717) is 0 Å². The smallest absolute Gasteiger partial charge is 0.0633 e. The molecule has 0 bridgehead atoms. The number of oxime groups is 1. The Morgan fingerprint density at radius 2 is 1.94 bits per heavy atom. The summed E-state index contributed by atoms with van der Waals surface area (Å²) in [6.45, 7) is 12.9. The molecule has 0 spiro atoms. The molecule has 0 saturated heterocycles. The Hall–Kier alpha value is -0.830. The molecule has 0 atom stereocenters. The van der Waals surface area contributed by atoms with Gasteiger partial charge in [-0.15, -0.1) is 5.16 Å². The van der Waals surface area contributed by atoms with Crippen LogP contribution in [-0.4, -0.2) is 35.0 Å². The second kappa shape index (κ2) is 4.58. The first-order valence-corrected chi connectivity index (χ1v) is 5.90. The highest BCUT2D eigenvalue weighted by Crippen LogP contribution is 2.31. The van der Waals surface area contributed by atoms with Crippen molar-refractivity contribution in [1.82, 2.24) is 4.90 Å². The Morgan fingerprint density at radius 1 is 1.31 bits per heavy atom. The van der Waals surface area contributed by atoms with Crippen LogP contribution in [0.5, 0.6) is 0 Å². The standard InChI is InChI=1S/C13H24N2O/c1-12(2,3)11-6-8-15(9-7-11)13(4,5)10-14-16/h6,10,16H,7-9H2,1-5H3/b14-10+. The fraction of sp³-hybridized carbons (Fsp3) is 0.769. The van der Waals surface area contributed by atoms with Gasteiger partial charge < -0.3 is 5.21 Å². The summed E-state index contributed by atoms with van der Waals surface area (Å²) in [4.78, 5) is 2.32. The second-order valence-corrected chi connectivity index (χ2v) is 6.07. The molecule has 16 heavy (non-hydrogen) atoms. The van der Waals surface area contributed by atoms with Crippen LogP contribution < -0.4 is 0 Å². The van der Waals surface area contributed by atoms with Gasteiger partial charge in [-0.1, -0.05) is 32.4 Å². The third-order valence-electron chi connectivity index (χ3n) is 3.36. The number of hydrogen-bond acceptors (Lipinski definition) is 3. The third-order valence-corrected chi connectivity index (χ3v) is 3.36. The van der Waals surface area contributed by atoms with Crippen molar-refractivity contribution in [3.63, 3.8) is 0 Å². The Labute approximate surface area is 98.8 Å². The van der Waals surface area contributed by atoms with Crippen molar-refractivity contribution in [2.75, 3.05) is 13.1 Å². The van der Waals surface area contributed by atoms with Crippen molar-refractivity contribution in [3.8, 4) is 0 Å². The molecule has 0 radical (unpaired) electrons. The van der Waals surface area contributed by atoms with E-state index in [0.717, 1.165) is 19.5 Å². The normalized spacial score (nSPS) is 20.2. The summed E-state index contributed by atoms with van der Waals surface area (Å²) >= 11 is 0. The van der Waals surface area contributed by atoms with Gasteiger partial charge in [0.05, 0.1) is 11.8 Å². The summed E-state index contributed by atoms with van der Waals surface area (Å²) in [5.41, 5.74) is 1.64. The Kier molecular flexibility index (Phi) is 3.79. The van der Waals surface area contributed by atoms with E-state index in [2.05, 4.69) is 50.8 Å². The predicted molar refractivity (Wildman–Crippen MR) is 68.1 cm³/mol. The Balaban J connectivity index is 2.71. The van der Waals surface area contributed by atoms with Crippen LogP contribution in [0.25, 0.3) is 0 Å². The molecule has 1 aliphatic heterocycles. The molecule has 1 aliphatic rings. The van der Waals surface area contributed by atoms with E-state index in [4.69, 9.17) is 5.21 Å². The largest absolute Gasteiger partial charge is 0.411 e. The van der Waals surface area contributed by atoms with Gasteiger partial charge in [-0.2, -0.15) is 0 Å². The van der Waals surface area contributed by atoms with Crippen LogP contribution >= 0.6 is 0 Å². The first kappa shape index (κ1) is 13.2. The molecule has 0 aliphatic carbocycles. The minimum absolute atomic E-state index is 0.172. The molecule has 0 aromatic rings. The van der Waals surface area contributed by atoms with E-state index in [-0.39, 0.29) is 11.0 Å². The Bertz CT molecular complexity index is 298. The molecular weight excluding hydrogens is 200 g/mol. The fourth-order valence-corrected chi connectivity index (χ4v) is 2.10. The second-order valence-electron chi connectivity index (χ2n) is 6.07. The van der Waals surface area contributed by atoms with Gasteiger partial charge in [0.1, 0.15) is 0 Å². The predicted octanol–water partition coefficient (Wildman–Crippen LogP) is 2.90. The van der Waals surface area contributed by atoms with Crippen molar-refractivity contribution in [2.45, 2.75) is 46.6 Å². The quantitative estimate of drug-likeness (QED) is 0.339. The molecule has 1 N–H and O–H groups in total. The van der Waals surface area contributed by atoms with Crippen LogP contribution in [0, 0.1) is 5.41 Å². The summed E-state index contributed by atoms with van der Waals surface area (Å²) < 4.78 is 0. The van der Waals surface area contributed by atoms with E-state index in [1.165, 1.54) is 5.57 Å². The van der Waals surface area contributed by atoms with E-state index in [1.54, 1.807) is 6.21 Å². The van der Waals surface area contributed by atoms with Gasteiger partial charge in [0.15, 0.2) is 0 Å². The molecule has 3 heteroatoms. The van der Waals surface area contributed by atoms with Crippen molar-refractivity contribution in [1.29, 1.82) is 0 Å². The lowest BCUT2D eigenvalue weighted by molar-refractivity contribution is 0.184. The van der Waals surface area contributed by atoms with E-state index in [1.807, 2.05) is 0 Å². The molecule has 1 rings (SSSR count). The third kappa shape index (κ3) is 3.08. The van der Waals surface area contributed by atoms with Crippen LogP contribution in [0.1, 0.15) is 41.0 Å². The van der Waals surface area contributed by atoms with Crippen LogP contribution in [0.2, 0.25) is 0 Å². The molecule has 0 saturated carbocycles. The molecule has 0 aromatic heterocycles. The van der Waals surface area contributed by atoms with E-state index < -0.39 is 0 Å². The van der Waals surface area contributed by atoms with Crippen molar-refractivity contribution in [3.05, 3.63) is 11.6 Å². The van der Waals surface area contributed by atoms with Gasteiger partial charge in [-0.05, 0) is 25.7 Å². The van der Waals surface area contributed by atoms with Crippen molar-refractivity contribution in [2.24, 2.45) is 10.6 Å². The van der Waals surface area contributed by atoms with E-state index in [9.17, 15) is 0 Å². The van der Waals surface area contributed by atoms with Gasteiger partial charge in [0.2, 0.25) is 0 Å². The highest BCUT2D eigenvalue weighted by atomic mass is 16.4. The lowest BCUT2D eigenvalue weighted by atomic mass is 9.82. The fourth-order valence-electron chi connectivity index (χ4n) is 2.10. The Morgan fingerprint density at radius 3 is 2.31 bits per heavy atom. The summed E-state index contributed by atoms with van der Waals surface area (Å²) in [6.07, 6.45) is 5.02. The van der Waals surface area contributed by atoms with Crippen LogP contribution in [-0.2, 0) is 0 Å². The minimum atomic E-state index is -0.172. The average Bonchev–Trinajstić information content (AvgIpc) is 2.16. The zero-order valence-corrected chi connectivity index (χ0v) is 11.1. The highest BCUT2D eigenvalue weighted by Gasteiger charge is 2.29. The van der Waals surface area contributed by atoms with Gasteiger partial charge in [0, 0.05) is 13.1 Å². The monoisotopic (exact) mass is 224 g/mol. The van der Waals surface area contributed by atoms with Crippen LogP contribution in [0.15, 0.2) is 16.8 Å². The maximum atomic E-state index is 8.64. The average molecular weight is 224 g/mol. The molecule has 0 amide bonds. The van der Waals surface area contributed by atoms with Gasteiger partial charge >= 0.3 is 0 Å². The number of hydrogen-bond donors (Lipinski definition) is 1. The zero-order chi connectivity index (χ0) is 12.4. The summed E-state index contributed by atoms with van der Waals surface area (Å²) in [6, 6.07) is 0. The lowest BCUT2D eigenvalue weighted by Gasteiger charge is -2.39. The summed E-state index contributed by atoms with van der Waals surface area (Å²) in [5, 5.41) is 11.8. The SMILES string of the molecule is CC(C)(C)C1=CCN(C(C)(C)/C=N/O)CC1.